The number of carbonyl (C=O) groups is 1. The van der Waals surface area contributed by atoms with E-state index >= 15 is 0 Å². The number of anilines is 1. The summed E-state index contributed by atoms with van der Waals surface area (Å²) in [5, 5.41) is 4.08. The molecular formula is C25H25FN4O. The van der Waals surface area contributed by atoms with Crippen molar-refractivity contribution in [2.45, 2.75) is 19.4 Å². The molecule has 158 valence electrons. The van der Waals surface area contributed by atoms with Gasteiger partial charge in [0.25, 0.3) is 0 Å². The number of halogens is 1. The number of aryl methyl sites for hydroxylation is 1. The van der Waals surface area contributed by atoms with Crippen LogP contribution in [0.3, 0.4) is 0 Å². The molecule has 0 saturated heterocycles. The maximum atomic E-state index is 13.4. The molecule has 0 aliphatic heterocycles. The highest BCUT2D eigenvalue weighted by atomic mass is 19.1. The first-order chi connectivity index (χ1) is 15.0. The average molecular weight is 417 g/mol. The highest BCUT2D eigenvalue weighted by Crippen LogP contribution is 2.31. The standard InChI is InChI=1S/C25H25FN4O/c1-30(2)23-15-17(13-14-27-23)16-28-24(31)12-11-21-20-5-3-4-6-22(20)29-25(21)18-7-9-19(26)10-8-18/h3-10,13-15,29H,11-12,16H2,1-2H3,(H,28,31). The van der Waals surface area contributed by atoms with Gasteiger partial charge in [0.15, 0.2) is 0 Å². The maximum Gasteiger partial charge on any atom is 0.220 e. The molecule has 0 bridgehead atoms. The first-order valence-corrected chi connectivity index (χ1v) is 10.3. The molecule has 0 spiro atoms. The lowest BCUT2D eigenvalue weighted by Crippen LogP contribution is -2.23. The number of fused-ring (bicyclic) bond motifs is 1. The van der Waals surface area contributed by atoms with Crippen molar-refractivity contribution in [3.05, 3.63) is 83.8 Å². The molecule has 5 nitrogen and oxygen atoms in total. The van der Waals surface area contributed by atoms with Crippen molar-refractivity contribution in [1.29, 1.82) is 0 Å². The summed E-state index contributed by atoms with van der Waals surface area (Å²) >= 11 is 0. The van der Waals surface area contributed by atoms with Gasteiger partial charge in [-0.1, -0.05) is 18.2 Å². The van der Waals surface area contributed by atoms with Gasteiger partial charge in [0.05, 0.1) is 0 Å². The molecule has 2 N–H and O–H groups in total. The Bertz CT molecular complexity index is 1200. The number of pyridine rings is 1. The van der Waals surface area contributed by atoms with Crippen LogP contribution >= 0.6 is 0 Å². The quantitative estimate of drug-likeness (QED) is 0.460. The van der Waals surface area contributed by atoms with Crippen LogP contribution in [0.1, 0.15) is 17.5 Å². The van der Waals surface area contributed by atoms with Crippen molar-refractivity contribution < 1.29 is 9.18 Å². The van der Waals surface area contributed by atoms with Crippen molar-refractivity contribution in [2.75, 3.05) is 19.0 Å². The summed E-state index contributed by atoms with van der Waals surface area (Å²) in [7, 11) is 3.87. The lowest BCUT2D eigenvalue weighted by molar-refractivity contribution is -0.121. The number of H-pyrrole nitrogens is 1. The third-order valence-corrected chi connectivity index (χ3v) is 5.31. The van der Waals surface area contributed by atoms with E-state index in [1.807, 2.05) is 55.4 Å². The Morgan fingerprint density at radius 1 is 1.10 bits per heavy atom. The number of para-hydroxylation sites is 1. The first kappa shape index (κ1) is 20.6. The molecule has 0 fully saturated rings. The molecule has 0 aliphatic rings. The Hall–Kier alpha value is -3.67. The van der Waals surface area contributed by atoms with Crippen LogP contribution in [-0.2, 0) is 17.8 Å². The summed E-state index contributed by atoms with van der Waals surface area (Å²) in [6, 6.07) is 18.3. The Kier molecular flexibility index (Phi) is 5.98. The van der Waals surface area contributed by atoms with E-state index in [0.29, 0.717) is 19.4 Å². The number of rotatable bonds is 7. The molecule has 2 aromatic heterocycles. The molecule has 4 rings (SSSR count). The highest BCUT2D eigenvalue weighted by molar-refractivity contribution is 5.91. The minimum atomic E-state index is -0.269. The molecular weight excluding hydrogens is 391 g/mol. The lowest BCUT2D eigenvalue weighted by atomic mass is 10.0. The molecule has 31 heavy (non-hydrogen) atoms. The largest absolute Gasteiger partial charge is 0.363 e. The van der Waals surface area contributed by atoms with Crippen molar-refractivity contribution in [3.63, 3.8) is 0 Å². The Morgan fingerprint density at radius 3 is 2.65 bits per heavy atom. The fourth-order valence-electron chi connectivity index (χ4n) is 3.67. The lowest BCUT2D eigenvalue weighted by Gasteiger charge is -2.12. The van der Waals surface area contributed by atoms with E-state index in [-0.39, 0.29) is 11.7 Å². The van der Waals surface area contributed by atoms with Gasteiger partial charge in [-0.2, -0.15) is 0 Å². The van der Waals surface area contributed by atoms with Crippen molar-refractivity contribution in [3.8, 4) is 11.3 Å². The highest BCUT2D eigenvalue weighted by Gasteiger charge is 2.14. The monoisotopic (exact) mass is 416 g/mol. The van der Waals surface area contributed by atoms with Gasteiger partial charge < -0.3 is 15.2 Å². The fraction of sp³-hybridized carbons (Fsp3) is 0.200. The van der Waals surface area contributed by atoms with E-state index in [0.717, 1.165) is 39.1 Å². The number of carbonyl (C=O) groups excluding carboxylic acids is 1. The number of aromatic nitrogens is 2. The third-order valence-electron chi connectivity index (χ3n) is 5.31. The second-order valence-electron chi connectivity index (χ2n) is 7.72. The normalized spacial score (nSPS) is 10.9. The van der Waals surface area contributed by atoms with Crippen LogP contribution in [-0.4, -0.2) is 30.0 Å². The van der Waals surface area contributed by atoms with E-state index in [4.69, 9.17) is 0 Å². The van der Waals surface area contributed by atoms with Crippen molar-refractivity contribution >= 4 is 22.6 Å². The van der Waals surface area contributed by atoms with Crippen LogP contribution in [0.4, 0.5) is 10.2 Å². The Balaban J connectivity index is 1.48. The van der Waals surface area contributed by atoms with E-state index in [1.54, 1.807) is 18.3 Å². The van der Waals surface area contributed by atoms with Gasteiger partial charge in [0, 0.05) is 49.9 Å². The van der Waals surface area contributed by atoms with Gasteiger partial charge in [0.2, 0.25) is 5.91 Å². The second kappa shape index (κ2) is 9.00. The number of benzene rings is 2. The molecule has 0 atom stereocenters. The molecule has 0 radical (unpaired) electrons. The van der Waals surface area contributed by atoms with Gasteiger partial charge in [-0.3, -0.25) is 4.79 Å². The Labute approximate surface area is 180 Å². The summed E-state index contributed by atoms with van der Waals surface area (Å²) in [6.45, 7) is 0.459. The number of hydrogen-bond acceptors (Lipinski definition) is 3. The molecule has 4 aromatic rings. The molecule has 0 aliphatic carbocycles. The van der Waals surface area contributed by atoms with E-state index in [1.165, 1.54) is 12.1 Å². The minimum absolute atomic E-state index is 0.0152. The average Bonchev–Trinajstić information content (AvgIpc) is 3.15. The molecule has 6 heteroatoms. The van der Waals surface area contributed by atoms with Crippen molar-refractivity contribution in [1.82, 2.24) is 15.3 Å². The SMILES string of the molecule is CN(C)c1cc(CNC(=O)CCc2c(-c3ccc(F)cc3)[nH]c3ccccc23)ccn1. The molecule has 2 aromatic carbocycles. The van der Waals surface area contributed by atoms with Crippen LogP contribution in [0.2, 0.25) is 0 Å². The second-order valence-corrected chi connectivity index (χ2v) is 7.72. The van der Waals surface area contributed by atoms with Gasteiger partial charge in [-0.25, -0.2) is 9.37 Å². The van der Waals surface area contributed by atoms with Gasteiger partial charge in [-0.05, 0) is 65.6 Å². The van der Waals surface area contributed by atoms with Crippen LogP contribution in [0.15, 0.2) is 66.9 Å². The van der Waals surface area contributed by atoms with Crippen LogP contribution in [0.5, 0.6) is 0 Å². The summed E-state index contributed by atoms with van der Waals surface area (Å²) in [6.07, 6.45) is 2.70. The predicted octanol–water partition coefficient (Wildman–Crippen LogP) is 4.68. The number of amides is 1. The van der Waals surface area contributed by atoms with E-state index in [9.17, 15) is 9.18 Å². The van der Waals surface area contributed by atoms with Crippen molar-refractivity contribution in [2.24, 2.45) is 0 Å². The zero-order chi connectivity index (χ0) is 21.8. The van der Waals surface area contributed by atoms with Gasteiger partial charge in [-0.15, -0.1) is 0 Å². The molecule has 2 heterocycles. The van der Waals surface area contributed by atoms with E-state index in [2.05, 4.69) is 15.3 Å². The third kappa shape index (κ3) is 4.74. The summed E-state index contributed by atoms with van der Waals surface area (Å²) in [5.41, 5.74) is 4.91. The van der Waals surface area contributed by atoms with E-state index < -0.39 is 0 Å². The number of hydrogen-bond donors (Lipinski definition) is 2. The zero-order valence-corrected chi connectivity index (χ0v) is 17.7. The maximum absolute atomic E-state index is 13.4. The van der Waals surface area contributed by atoms with Crippen LogP contribution in [0.25, 0.3) is 22.2 Å². The van der Waals surface area contributed by atoms with Crippen LogP contribution in [0, 0.1) is 5.82 Å². The Morgan fingerprint density at radius 2 is 1.87 bits per heavy atom. The zero-order valence-electron chi connectivity index (χ0n) is 17.7. The molecule has 1 amide bonds. The predicted molar refractivity (Wildman–Crippen MR) is 122 cm³/mol. The minimum Gasteiger partial charge on any atom is -0.363 e. The molecule has 0 unspecified atom stereocenters. The molecule has 0 saturated carbocycles. The topological polar surface area (TPSA) is 61.0 Å². The van der Waals surface area contributed by atoms with Crippen LogP contribution < -0.4 is 10.2 Å². The summed E-state index contributed by atoms with van der Waals surface area (Å²) in [4.78, 5) is 22.2. The van der Waals surface area contributed by atoms with Gasteiger partial charge in [0.1, 0.15) is 11.6 Å². The summed E-state index contributed by atoms with van der Waals surface area (Å²) in [5.74, 6) is 0.572. The number of aromatic amines is 1. The number of nitrogens with zero attached hydrogens (tertiary/aromatic N) is 2. The number of nitrogens with one attached hydrogen (secondary N) is 2. The fourth-order valence-corrected chi connectivity index (χ4v) is 3.67. The first-order valence-electron chi connectivity index (χ1n) is 10.3. The van der Waals surface area contributed by atoms with Gasteiger partial charge >= 0.3 is 0 Å². The summed E-state index contributed by atoms with van der Waals surface area (Å²) < 4.78 is 13.4. The smallest absolute Gasteiger partial charge is 0.220 e.